The van der Waals surface area contributed by atoms with Crippen LogP contribution >= 0.6 is 23.2 Å². The number of aromatic nitrogens is 2. The summed E-state index contributed by atoms with van der Waals surface area (Å²) in [6.07, 6.45) is 4.38. The lowest BCUT2D eigenvalue weighted by molar-refractivity contribution is -0.904. The molecule has 59 heavy (non-hydrogen) atoms. The third kappa shape index (κ3) is 10.9. The predicted molar refractivity (Wildman–Crippen MR) is 209 cm³/mol. The first-order valence-corrected chi connectivity index (χ1v) is 19.3. The lowest BCUT2D eigenvalue weighted by atomic mass is 9.86. The number of methoxy groups -OCH3 is 2. The number of oxazole rings is 1. The number of ether oxygens (including phenoxy) is 5. The van der Waals surface area contributed by atoms with Gasteiger partial charge in [-0.25, -0.2) is 14.6 Å². The first kappa shape index (κ1) is 42.6. The molecule has 2 aromatic heterocycles. The molecule has 2 bridgehead atoms. The number of esters is 1. The van der Waals surface area contributed by atoms with Crippen molar-refractivity contribution in [2.24, 2.45) is 5.92 Å². The molecule has 0 spiro atoms. The Morgan fingerprint density at radius 1 is 0.983 bits per heavy atom. The Labute approximate surface area is 349 Å². The largest absolute Gasteiger partial charge is 0.554 e. The molecule has 0 radical (unpaired) electrons. The van der Waals surface area contributed by atoms with Crippen LogP contribution in [0.2, 0.25) is 10.0 Å². The Bertz CT molecular complexity index is 2190. The molecule has 2 N–H and O–H groups in total. The molecule has 17 heteroatoms. The summed E-state index contributed by atoms with van der Waals surface area (Å²) in [7, 11) is 3.01. The van der Waals surface area contributed by atoms with Crippen LogP contribution in [0.5, 0.6) is 17.2 Å². The highest BCUT2D eigenvalue weighted by Crippen LogP contribution is 2.36. The molecule has 3 atom stereocenters. The molecule has 0 saturated carbocycles. The van der Waals surface area contributed by atoms with Gasteiger partial charge < -0.3 is 43.3 Å². The highest BCUT2D eigenvalue weighted by atomic mass is 35.5. The van der Waals surface area contributed by atoms with Crippen molar-refractivity contribution in [3.63, 3.8) is 0 Å². The molecule has 310 valence electrons. The van der Waals surface area contributed by atoms with Gasteiger partial charge in [-0.3, -0.25) is 10.1 Å². The number of piperidine rings is 3. The molecule has 3 aliphatic rings. The summed E-state index contributed by atoms with van der Waals surface area (Å²) < 4.78 is 35.2. The number of benzene rings is 3. The molecule has 5 aromatic rings. The standard InChI is InChI=1S/C41H40Cl2N4O9.CH2O2/c1-51-34-12-11-27(18-36(34)52-2)35(19-30-31(42)20-47(50)21-32(30)43)55-40(48)33-23-54-38(44-33)24-53-29-10-6-9-28(17-29)39(26-7-4-3-5-8-26)45-41(49)56-37-22-46-15-13-25(37)14-16-46;2-1-3/h3-12,17-18,20-21,23,25,35,37,39H,13-16,19,22,24H2,1-2H3,(H-,45,49,50);1H,(H,2,3)/t35-,37-,39-;/m0./s1. The number of halogens is 2. The van der Waals surface area contributed by atoms with E-state index in [0.717, 1.165) is 48.3 Å². The van der Waals surface area contributed by atoms with Crippen molar-refractivity contribution in [2.75, 3.05) is 33.9 Å². The number of pyridine rings is 1. The van der Waals surface area contributed by atoms with E-state index >= 15 is 0 Å². The van der Waals surface area contributed by atoms with Crippen LogP contribution in [0.15, 0.2) is 95.9 Å². The van der Waals surface area contributed by atoms with Crippen LogP contribution in [0.3, 0.4) is 0 Å². The average Bonchev–Trinajstić information content (AvgIpc) is 3.73. The molecule has 0 unspecified atom stereocenters. The van der Waals surface area contributed by atoms with Crippen molar-refractivity contribution < 1.29 is 57.5 Å². The maximum Gasteiger partial charge on any atom is 0.408 e. The van der Waals surface area contributed by atoms with Crippen LogP contribution in [0.4, 0.5) is 4.79 Å². The number of nitrogens with zero attached hydrogens (tertiary/aromatic N) is 3. The Morgan fingerprint density at radius 3 is 2.34 bits per heavy atom. The van der Waals surface area contributed by atoms with Crippen LogP contribution in [0.25, 0.3) is 0 Å². The molecule has 8 rings (SSSR count). The van der Waals surface area contributed by atoms with Gasteiger partial charge in [-0.15, -0.1) is 0 Å². The third-order valence-electron chi connectivity index (χ3n) is 10.1. The van der Waals surface area contributed by atoms with Crippen LogP contribution in [-0.4, -0.2) is 73.6 Å². The van der Waals surface area contributed by atoms with E-state index < -0.39 is 30.7 Å². The van der Waals surface area contributed by atoms with E-state index in [2.05, 4.69) is 15.2 Å². The van der Waals surface area contributed by atoms with Gasteiger partial charge in [-0.05, 0) is 72.8 Å². The summed E-state index contributed by atoms with van der Waals surface area (Å²) in [6, 6.07) is 21.6. The minimum atomic E-state index is -0.912. The fraction of sp³-hybridized carbons (Fsp3) is 0.310. The summed E-state index contributed by atoms with van der Waals surface area (Å²) in [4.78, 5) is 41.7. The maximum absolute atomic E-state index is 13.5. The summed E-state index contributed by atoms with van der Waals surface area (Å²) >= 11 is 12.8. The first-order valence-electron chi connectivity index (χ1n) is 18.6. The van der Waals surface area contributed by atoms with E-state index in [-0.39, 0.29) is 40.8 Å². The summed E-state index contributed by atoms with van der Waals surface area (Å²) in [6.45, 7) is 2.27. The second-order valence-electron chi connectivity index (χ2n) is 13.7. The highest BCUT2D eigenvalue weighted by molar-refractivity contribution is 6.35. The van der Waals surface area contributed by atoms with Gasteiger partial charge in [-0.2, -0.15) is 0 Å². The van der Waals surface area contributed by atoms with Crippen molar-refractivity contribution in [3.8, 4) is 17.2 Å². The van der Waals surface area contributed by atoms with Crippen molar-refractivity contribution in [1.29, 1.82) is 0 Å². The zero-order valence-electron chi connectivity index (χ0n) is 32.1. The topological polar surface area (TPSA) is 186 Å². The van der Waals surface area contributed by atoms with Crippen LogP contribution in [0, 0.1) is 5.92 Å². The van der Waals surface area contributed by atoms with E-state index in [1.54, 1.807) is 24.3 Å². The molecular weight excluding hydrogens is 807 g/mol. The Kier molecular flexibility index (Phi) is 14.5. The summed E-state index contributed by atoms with van der Waals surface area (Å²) in [5.74, 6) is 1.14. The van der Waals surface area contributed by atoms with Crippen LogP contribution < -0.4 is 29.4 Å². The van der Waals surface area contributed by atoms with Gasteiger partial charge in [0.15, 0.2) is 23.8 Å². The number of carboxylic acid groups (broad SMARTS) is 1. The van der Waals surface area contributed by atoms with Gasteiger partial charge >= 0.3 is 12.1 Å². The van der Waals surface area contributed by atoms with Gasteiger partial charge in [0.2, 0.25) is 18.3 Å². The average molecular weight is 850 g/mol. The molecule has 0 aliphatic carbocycles. The van der Waals surface area contributed by atoms with Crippen molar-refractivity contribution in [3.05, 3.63) is 135 Å². The highest BCUT2D eigenvalue weighted by Gasteiger charge is 2.37. The molecule has 3 aliphatic heterocycles. The molecule has 1 amide bonds. The Morgan fingerprint density at radius 2 is 1.68 bits per heavy atom. The van der Waals surface area contributed by atoms with E-state index in [9.17, 15) is 14.8 Å². The van der Waals surface area contributed by atoms with Crippen molar-refractivity contribution in [2.45, 2.75) is 44.1 Å². The smallest absolute Gasteiger partial charge is 0.408 e. The number of alkyl carbamates (subject to hydrolysis) is 1. The monoisotopic (exact) mass is 848 g/mol. The summed E-state index contributed by atoms with van der Waals surface area (Å²) in [5.41, 5.74) is 2.58. The van der Waals surface area contributed by atoms with Gasteiger partial charge in [0.1, 0.15) is 34.3 Å². The molecule has 3 fully saturated rings. The number of fused-ring (bicyclic) bond motifs is 3. The first-order chi connectivity index (χ1) is 28.6. The number of hydrogen-bond donors (Lipinski definition) is 2. The van der Waals surface area contributed by atoms with E-state index in [4.69, 9.17) is 61.2 Å². The maximum atomic E-state index is 13.5. The van der Waals surface area contributed by atoms with Crippen molar-refractivity contribution in [1.82, 2.24) is 15.2 Å². The van der Waals surface area contributed by atoms with E-state index in [1.165, 1.54) is 32.9 Å². The van der Waals surface area contributed by atoms with E-state index in [0.29, 0.717) is 34.3 Å². The molecule has 15 nitrogen and oxygen atoms in total. The Hall–Kier alpha value is -6.03. The number of amides is 1. The molecule has 3 aromatic carbocycles. The third-order valence-corrected chi connectivity index (χ3v) is 10.7. The fourth-order valence-corrected chi connectivity index (χ4v) is 7.73. The lowest BCUT2D eigenvalue weighted by Gasteiger charge is -2.43. The van der Waals surface area contributed by atoms with Gasteiger partial charge in [-0.1, -0.05) is 71.7 Å². The number of rotatable bonds is 14. The molecule has 3 saturated heterocycles. The second-order valence-corrected chi connectivity index (χ2v) is 14.5. The zero-order valence-corrected chi connectivity index (χ0v) is 33.6. The number of carbonyl (C=O) groups is 3. The van der Waals surface area contributed by atoms with Gasteiger partial charge in [0.05, 0.1) is 20.3 Å². The molecule has 5 heterocycles. The minimum Gasteiger partial charge on any atom is -0.554 e. The number of nitrogens with one attached hydrogen (secondary N) is 1. The fourth-order valence-electron chi connectivity index (χ4n) is 7.13. The lowest BCUT2D eigenvalue weighted by Crippen LogP contribution is -2.52. The Balaban J connectivity index is 0.00000189. The number of hydrogen-bond acceptors (Lipinski definition) is 13. The van der Waals surface area contributed by atoms with Crippen LogP contribution in [0.1, 0.15) is 63.6 Å². The van der Waals surface area contributed by atoms with Crippen LogP contribution in [-0.2, 0) is 27.3 Å². The SMILES string of the molecule is COc1ccc([C@H](Cc2c(Cl)c[n+](O)cc2Cl)OC(=O)c2coc(COc3cccc([C@@H](NC(=O)O[C@H]4CN5CCC4CC5)c4ccccc4)c3)n2)cc1OC.O=C[O-]. The van der Waals surface area contributed by atoms with E-state index in [1.807, 2.05) is 48.5 Å². The van der Waals surface area contributed by atoms with Crippen molar-refractivity contribution >= 4 is 41.7 Å². The zero-order chi connectivity index (χ0) is 41.9. The molecular formula is C42H42Cl2N4O11. The van der Waals surface area contributed by atoms with Gasteiger partial charge in [0, 0.05) is 29.7 Å². The normalized spacial score (nSPS) is 17.7. The second kappa shape index (κ2) is 20.1. The van der Waals surface area contributed by atoms with Gasteiger partial charge in [0.25, 0.3) is 0 Å². The summed E-state index contributed by atoms with van der Waals surface area (Å²) in [5, 5.41) is 21.5. The quantitative estimate of drug-likeness (QED) is 0.0617. The minimum absolute atomic E-state index is 0.0557. The predicted octanol–water partition coefficient (Wildman–Crippen LogP) is 5.52. The number of carbonyl (C=O) groups excluding carboxylic acids is 3.